The van der Waals surface area contributed by atoms with Crippen molar-refractivity contribution in [1.82, 2.24) is 0 Å². The first kappa shape index (κ1) is 21.6. The highest BCUT2D eigenvalue weighted by Crippen LogP contribution is 2.35. The van der Waals surface area contributed by atoms with Gasteiger partial charge in [0.05, 0.1) is 18.3 Å². The average molecular weight is 381 g/mol. The molecule has 0 aromatic heterocycles. The molecule has 3 aliphatic rings. The molecule has 0 N–H and O–H groups in total. The van der Waals surface area contributed by atoms with Crippen molar-refractivity contribution in [1.29, 1.82) is 0 Å². The highest BCUT2D eigenvalue weighted by Gasteiger charge is 2.31. The van der Waals surface area contributed by atoms with E-state index in [1.165, 1.54) is 57.8 Å². The molecule has 3 heterocycles. The summed E-state index contributed by atoms with van der Waals surface area (Å²) in [5, 5.41) is 0. The highest BCUT2D eigenvalue weighted by molar-refractivity contribution is 4.81. The third-order valence-corrected chi connectivity index (χ3v) is 6.89. The van der Waals surface area contributed by atoms with Crippen LogP contribution in [0.4, 0.5) is 0 Å². The number of ether oxygens (including phenoxy) is 3. The molecule has 3 nitrogen and oxygen atoms in total. The van der Waals surface area contributed by atoms with Crippen molar-refractivity contribution >= 4 is 0 Å². The monoisotopic (exact) mass is 380 g/mol. The van der Waals surface area contributed by atoms with Crippen molar-refractivity contribution in [2.24, 2.45) is 29.6 Å². The quantitative estimate of drug-likeness (QED) is 0.475. The van der Waals surface area contributed by atoms with Crippen LogP contribution in [-0.4, -0.2) is 38.1 Å². The maximum absolute atomic E-state index is 6.18. The molecule has 0 aliphatic carbocycles. The Morgan fingerprint density at radius 1 is 0.667 bits per heavy atom. The van der Waals surface area contributed by atoms with Crippen molar-refractivity contribution in [3.63, 3.8) is 0 Å². The predicted molar refractivity (Wildman–Crippen MR) is 111 cm³/mol. The highest BCUT2D eigenvalue weighted by atomic mass is 16.5. The Hall–Kier alpha value is -0.120. The normalized spacial score (nSPS) is 36.6. The first-order valence-electron chi connectivity index (χ1n) is 11.8. The van der Waals surface area contributed by atoms with Crippen LogP contribution in [0, 0.1) is 29.6 Å². The van der Waals surface area contributed by atoms with E-state index < -0.39 is 0 Å². The summed E-state index contributed by atoms with van der Waals surface area (Å²) < 4.78 is 18.0. The molecule has 3 aliphatic heterocycles. The van der Waals surface area contributed by atoms with Crippen molar-refractivity contribution in [3.05, 3.63) is 0 Å². The van der Waals surface area contributed by atoms with Crippen LogP contribution in [0.3, 0.4) is 0 Å². The van der Waals surface area contributed by atoms with Gasteiger partial charge in [-0.1, -0.05) is 27.7 Å². The van der Waals surface area contributed by atoms with Crippen LogP contribution in [0.2, 0.25) is 0 Å². The minimum Gasteiger partial charge on any atom is -0.378 e. The Morgan fingerprint density at radius 2 is 1.22 bits per heavy atom. The lowest BCUT2D eigenvalue weighted by molar-refractivity contribution is 0.0767. The van der Waals surface area contributed by atoms with Crippen molar-refractivity contribution in [2.45, 2.75) is 104 Å². The van der Waals surface area contributed by atoms with Crippen LogP contribution in [0.5, 0.6) is 0 Å². The molecule has 0 saturated carbocycles. The van der Waals surface area contributed by atoms with Gasteiger partial charge in [-0.05, 0) is 87.4 Å². The molecule has 3 fully saturated rings. The molecule has 0 aromatic rings. The van der Waals surface area contributed by atoms with E-state index in [1.807, 2.05) is 0 Å². The largest absolute Gasteiger partial charge is 0.378 e. The van der Waals surface area contributed by atoms with Crippen molar-refractivity contribution < 1.29 is 14.2 Å². The molecule has 27 heavy (non-hydrogen) atoms. The third kappa shape index (κ3) is 7.33. The summed E-state index contributed by atoms with van der Waals surface area (Å²) in [4.78, 5) is 0. The fraction of sp³-hybridized carbons (Fsp3) is 1.00. The molecule has 0 spiro atoms. The van der Waals surface area contributed by atoms with E-state index in [2.05, 4.69) is 27.7 Å². The van der Waals surface area contributed by atoms with E-state index in [0.29, 0.717) is 18.3 Å². The van der Waals surface area contributed by atoms with Gasteiger partial charge in [0, 0.05) is 19.8 Å². The third-order valence-electron chi connectivity index (χ3n) is 6.89. The second kappa shape index (κ2) is 10.6. The molecule has 7 atom stereocenters. The standard InChI is InChI=1S/C24H44O3/c1-17(2)8-23-13-20(15-26-23)10-19(4)12-24-14-21(16-27-24)9-18(3)11-22-6-5-7-25-22/h17-24H,5-16H2,1-4H3/t18?,19?,20?,21?,22?,23-,24+/m1/s1. The van der Waals surface area contributed by atoms with E-state index in [9.17, 15) is 0 Å². The predicted octanol–water partition coefficient (Wildman–Crippen LogP) is 5.85. The Balaban J connectivity index is 1.30. The zero-order valence-electron chi connectivity index (χ0n) is 18.3. The van der Waals surface area contributed by atoms with Crippen LogP contribution in [0.15, 0.2) is 0 Å². The molecule has 5 unspecified atom stereocenters. The molecule has 0 aromatic carbocycles. The second-order valence-electron chi connectivity index (χ2n) is 10.5. The summed E-state index contributed by atoms with van der Waals surface area (Å²) >= 11 is 0. The Bertz CT molecular complexity index is 418. The molecular formula is C24H44O3. The molecule has 3 rings (SSSR count). The van der Waals surface area contributed by atoms with Gasteiger partial charge in [-0.2, -0.15) is 0 Å². The first-order valence-corrected chi connectivity index (χ1v) is 11.8. The minimum atomic E-state index is 0.494. The van der Waals surface area contributed by atoms with Gasteiger partial charge in [-0.25, -0.2) is 0 Å². The van der Waals surface area contributed by atoms with Crippen LogP contribution in [0.1, 0.15) is 85.5 Å². The number of hydrogen-bond donors (Lipinski definition) is 0. The van der Waals surface area contributed by atoms with Crippen LogP contribution < -0.4 is 0 Å². The van der Waals surface area contributed by atoms with Gasteiger partial charge in [0.2, 0.25) is 0 Å². The van der Waals surface area contributed by atoms with Gasteiger partial charge in [0.15, 0.2) is 0 Å². The van der Waals surface area contributed by atoms with Gasteiger partial charge < -0.3 is 14.2 Å². The Morgan fingerprint density at radius 3 is 1.74 bits per heavy atom. The van der Waals surface area contributed by atoms with Gasteiger partial charge >= 0.3 is 0 Å². The van der Waals surface area contributed by atoms with E-state index in [0.717, 1.165) is 49.4 Å². The van der Waals surface area contributed by atoms with E-state index >= 15 is 0 Å². The van der Waals surface area contributed by atoms with Crippen molar-refractivity contribution in [3.8, 4) is 0 Å². The molecule has 3 heteroatoms. The van der Waals surface area contributed by atoms with Gasteiger partial charge in [0.1, 0.15) is 0 Å². The summed E-state index contributed by atoms with van der Waals surface area (Å²) in [6, 6.07) is 0. The van der Waals surface area contributed by atoms with E-state index in [4.69, 9.17) is 14.2 Å². The molecule has 158 valence electrons. The lowest BCUT2D eigenvalue weighted by Gasteiger charge is -2.20. The van der Waals surface area contributed by atoms with Crippen LogP contribution in [0.25, 0.3) is 0 Å². The molecule has 0 radical (unpaired) electrons. The molecule has 0 amide bonds. The van der Waals surface area contributed by atoms with Gasteiger partial charge in [-0.3, -0.25) is 0 Å². The lowest BCUT2D eigenvalue weighted by atomic mass is 9.86. The zero-order chi connectivity index (χ0) is 19.2. The average Bonchev–Trinajstić information content (AvgIpc) is 3.31. The molecular weight excluding hydrogens is 336 g/mol. The number of rotatable bonds is 10. The van der Waals surface area contributed by atoms with E-state index in [-0.39, 0.29) is 0 Å². The fourth-order valence-electron chi connectivity index (χ4n) is 5.80. The molecule has 0 bridgehead atoms. The fourth-order valence-corrected chi connectivity index (χ4v) is 5.80. The summed E-state index contributed by atoms with van der Waals surface area (Å²) in [7, 11) is 0. The smallest absolute Gasteiger partial charge is 0.0581 e. The van der Waals surface area contributed by atoms with Crippen LogP contribution >= 0.6 is 0 Å². The summed E-state index contributed by atoms with van der Waals surface area (Å²) in [5.74, 6) is 3.81. The summed E-state index contributed by atoms with van der Waals surface area (Å²) in [6.07, 6.45) is 13.0. The maximum atomic E-state index is 6.18. The van der Waals surface area contributed by atoms with Gasteiger partial charge in [0.25, 0.3) is 0 Å². The van der Waals surface area contributed by atoms with Gasteiger partial charge in [-0.15, -0.1) is 0 Å². The lowest BCUT2D eigenvalue weighted by Crippen LogP contribution is -2.15. The van der Waals surface area contributed by atoms with Crippen molar-refractivity contribution in [2.75, 3.05) is 19.8 Å². The summed E-state index contributed by atoms with van der Waals surface area (Å²) in [5.41, 5.74) is 0. The Labute approximate surface area is 167 Å². The maximum Gasteiger partial charge on any atom is 0.0581 e. The Kier molecular flexibility index (Phi) is 8.47. The zero-order valence-corrected chi connectivity index (χ0v) is 18.3. The first-order chi connectivity index (χ1) is 13.0. The SMILES string of the molecule is CC(C)C[C@@H]1CC(CC(C)C[C@H]2CC(CC(C)CC3CCCO3)CO2)CO1. The second-order valence-corrected chi connectivity index (χ2v) is 10.5. The van der Waals surface area contributed by atoms with Crippen LogP contribution in [-0.2, 0) is 14.2 Å². The van der Waals surface area contributed by atoms with E-state index in [1.54, 1.807) is 0 Å². The minimum absolute atomic E-state index is 0.494. The molecule has 3 saturated heterocycles. The topological polar surface area (TPSA) is 27.7 Å². The number of hydrogen-bond acceptors (Lipinski definition) is 3. The summed E-state index contributed by atoms with van der Waals surface area (Å²) in [6.45, 7) is 12.4.